The second-order valence-electron chi connectivity index (χ2n) is 4.25. The first-order chi connectivity index (χ1) is 9.68. The molecular formula is C15H10ClFN2S. The Balaban J connectivity index is 2.31. The van der Waals surface area contributed by atoms with Gasteiger partial charge in [0.2, 0.25) is 0 Å². The maximum absolute atomic E-state index is 14.1. The molecule has 100 valence electrons. The van der Waals surface area contributed by atoms with Gasteiger partial charge in [-0.05, 0) is 24.4 Å². The number of aromatic amines is 1. The summed E-state index contributed by atoms with van der Waals surface area (Å²) in [5.41, 5.74) is 1.96. The lowest BCUT2D eigenvalue weighted by Crippen LogP contribution is -2.01. The summed E-state index contributed by atoms with van der Waals surface area (Å²) in [6.07, 6.45) is 1.75. The van der Waals surface area contributed by atoms with Crippen molar-refractivity contribution in [1.29, 1.82) is 0 Å². The largest absolute Gasteiger partial charge is 0.336 e. The van der Waals surface area contributed by atoms with Crippen molar-refractivity contribution in [3.05, 3.63) is 70.3 Å². The monoisotopic (exact) mass is 304 g/mol. The molecule has 3 rings (SSSR count). The van der Waals surface area contributed by atoms with Crippen molar-refractivity contribution in [2.24, 2.45) is 0 Å². The number of benzene rings is 2. The normalized spacial score (nSPS) is 10.7. The Hall–Kier alpha value is -1.91. The van der Waals surface area contributed by atoms with Crippen LogP contribution in [0.4, 0.5) is 4.39 Å². The molecule has 0 fully saturated rings. The Labute approximate surface area is 125 Å². The lowest BCUT2D eigenvalue weighted by atomic mass is 10.1. The van der Waals surface area contributed by atoms with Crippen molar-refractivity contribution in [3.63, 3.8) is 0 Å². The average molecular weight is 305 g/mol. The van der Waals surface area contributed by atoms with Gasteiger partial charge in [0.15, 0.2) is 4.77 Å². The van der Waals surface area contributed by atoms with Gasteiger partial charge in [0.05, 0.1) is 10.7 Å². The Morgan fingerprint density at radius 3 is 2.50 bits per heavy atom. The first-order valence-electron chi connectivity index (χ1n) is 5.98. The smallest absolute Gasteiger partial charge is 0.182 e. The van der Waals surface area contributed by atoms with Crippen molar-refractivity contribution in [2.45, 2.75) is 0 Å². The molecule has 1 N–H and O–H groups in total. The summed E-state index contributed by atoms with van der Waals surface area (Å²) in [7, 11) is 0. The third kappa shape index (κ3) is 2.17. The molecule has 0 spiro atoms. The molecule has 0 atom stereocenters. The first-order valence-corrected chi connectivity index (χ1v) is 6.77. The van der Waals surface area contributed by atoms with E-state index in [1.165, 1.54) is 6.07 Å². The lowest BCUT2D eigenvalue weighted by Gasteiger charge is -2.11. The van der Waals surface area contributed by atoms with Gasteiger partial charge in [-0.15, -0.1) is 0 Å². The van der Waals surface area contributed by atoms with Crippen LogP contribution in [0.5, 0.6) is 0 Å². The minimum Gasteiger partial charge on any atom is -0.336 e. The van der Waals surface area contributed by atoms with Gasteiger partial charge >= 0.3 is 0 Å². The summed E-state index contributed by atoms with van der Waals surface area (Å²) in [6, 6.07) is 14.2. The minimum atomic E-state index is -0.412. The highest BCUT2D eigenvalue weighted by atomic mass is 35.5. The molecule has 3 aromatic rings. The zero-order valence-electron chi connectivity index (χ0n) is 10.3. The molecule has 1 aromatic heterocycles. The van der Waals surface area contributed by atoms with Crippen LogP contribution in [0.25, 0.3) is 16.9 Å². The predicted molar refractivity (Wildman–Crippen MR) is 81.4 cm³/mol. The van der Waals surface area contributed by atoms with Gasteiger partial charge < -0.3 is 4.98 Å². The van der Waals surface area contributed by atoms with E-state index < -0.39 is 5.82 Å². The zero-order valence-corrected chi connectivity index (χ0v) is 11.9. The molecule has 0 radical (unpaired) electrons. The summed E-state index contributed by atoms with van der Waals surface area (Å²) in [6.45, 7) is 0. The number of nitrogens with zero attached hydrogens (tertiary/aromatic N) is 1. The number of para-hydroxylation sites is 1. The SMILES string of the molecule is Fc1cccc(Cl)c1-n1c(-c2ccccc2)c[nH]c1=S. The Morgan fingerprint density at radius 2 is 1.80 bits per heavy atom. The Kier molecular flexibility index (Phi) is 3.42. The third-order valence-electron chi connectivity index (χ3n) is 3.01. The quantitative estimate of drug-likeness (QED) is 0.661. The predicted octanol–water partition coefficient (Wildman–Crippen LogP) is 4.99. The van der Waals surface area contributed by atoms with Crippen LogP contribution >= 0.6 is 23.8 Å². The number of aromatic nitrogens is 2. The van der Waals surface area contributed by atoms with E-state index in [1.54, 1.807) is 22.9 Å². The molecule has 5 heteroatoms. The van der Waals surface area contributed by atoms with Crippen LogP contribution in [0.15, 0.2) is 54.7 Å². The van der Waals surface area contributed by atoms with E-state index in [9.17, 15) is 4.39 Å². The highest BCUT2D eigenvalue weighted by Crippen LogP contribution is 2.29. The van der Waals surface area contributed by atoms with Crippen molar-refractivity contribution in [3.8, 4) is 16.9 Å². The van der Waals surface area contributed by atoms with Crippen LogP contribution in [0.3, 0.4) is 0 Å². The fourth-order valence-corrected chi connectivity index (χ4v) is 2.61. The van der Waals surface area contributed by atoms with E-state index in [0.29, 0.717) is 9.79 Å². The Morgan fingerprint density at radius 1 is 1.05 bits per heavy atom. The molecule has 20 heavy (non-hydrogen) atoms. The summed E-state index contributed by atoms with van der Waals surface area (Å²) in [4.78, 5) is 2.94. The van der Waals surface area contributed by atoms with Gasteiger partial charge in [0.25, 0.3) is 0 Å². The van der Waals surface area contributed by atoms with Gasteiger partial charge in [0.1, 0.15) is 11.5 Å². The van der Waals surface area contributed by atoms with Crippen LogP contribution in [-0.2, 0) is 0 Å². The number of halogens is 2. The van der Waals surface area contributed by atoms with Crippen LogP contribution in [0.1, 0.15) is 0 Å². The highest BCUT2D eigenvalue weighted by Gasteiger charge is 2.15. The molecule has 0 amide bonds. The molecule has 0 saturated carbocycles. The van der Waals surface area contributed by atoms with Crippen LogP contribution < -0.4 is 0 Å². The highest BCUT2D eigenvalue weighted by molar-refractivity contribution is 7.71. The van der Waals surface area contributed by atoms with E-state index >= 15 is 0 Å². The number of hydrogen-bond acceptors (Lipinski definition) is 1. The van der Waals surface area contributed by atoms with Crippen molar-refractivity contribution >= 4 is 23.8 Å². The number of nitrogens with one attached hydrogen (secondary N) is 1. The molecule has 1 heterocycles. The molecule has 0 aliphatic rings. The summed E-state index contributed by atoms with van der Waals surface area (Å²) in [5, 5.41) is 0.317. The fourth-order valence-electron chi connectivity index (χ4n) is 2.11. The number of imidazole rings is 1. The maximum Gasteiger partial charge on any atom is 0.182 e. The summed E-state index contributed by atoms with van der Waals surface area (Å²) in [5.74, 6) is -0.412. The lowest BCUT2D eigenvalue weighted by molar-refractivity contribution is 0.618. The second-order valence-corrected chi connectivity index (χ2v) is 5.04. The van der Waals surface area contributed by atoms with Crippen LogP contribution in [-0.4, -0.2) is 9.55 Å². The molecule has 2 nitrogen and oxygen atoms in total. The molecule has 0 saturated heterocycles. The zero-order chi connectivity index (χ0) is 14.1. The third-order valence-corrected chi connectivity index (χ3v) is 3.61. The van der Waals surface area contributed by atoms with Crippen LogP contribution in [0.2, 0.25) is 5.02 Å². The van der Waals surface area contributed by atoms with E-state index in [2.05, 4.69) is 4.98 Å². The van der Waals surface area contributed by atoms with Crippen molar-refractivity contribution in [2.75, 3.05) is 0 Å². The van der Waals surface area contributed by atoms with E-state index in [0.717, 1.165) is 11.3 Å². The van der Waals surface area contributed by atoms with Crippen molar-refractivity contribution in [1.82, 2.24) is 9.55 Å². The van der Waals surface area contributed by atoms with Gasteiger partial charge in [-0.2, -0.15) is 0 Å². The topological polar surface area (TPSA) is 20.7 Å². The molecular weight excluding hydrogens is 295 g/mol. The number of H-pyrrole nitrogens is 1. The number of rotatable bonds is 2. The first kappa shape index (κ1) is 13.1. The fraction of sp³-hybridized carbons (Fsp3) is 0. The van der Waals surface area contributed by atoms with Gasteiger partial charge in [-0.3, -0.25) is 4.57 Å². The van der Waals surface area contributed by atoms with Gasteiger partial charge in [-0.25, -0.2) is 4.39 Å². The van der Waals surface area contributed by atoms with E-state index in [1.807, 2.05) is 30.3 Å². The molecule has 0 aliphatic heterocycles. The standard InChI is InChI=1S/C15H10ClFN2S/c16-11-7-4-8-12(17)14(11)19-13(9-18-15(19)20)10-5-2-1-3-6-10/h1-9H,(H,18,20). The summed E-state index contributed by atoms with van der Waals surface area (Å²) >= 11 is 11.4. The second kappa shape index (κ2) is 5.23. The molecule has 0 aliphatic carbocycles. The van der Waals surface area contributed by atoms with E-state index in [4.69, 9.17) is 23.8 Å². The minimum absolute atomic E-state index is 0.263. The molecule has 2 aromatic carbocycles. The summed E-state index contributed by atoms with van der Waals surface area (Å²) < 4.78 is 16.1. The van der Waals surface area contributed by atoms with Crippen molar-refractivity contribution < 1.29 is 4.39 Å². The van der Waals surface area contributed by atoms with Gasteiger partial charge in [0, 0.05) is 11.8 Å². The molecule has 0 bridgehead atoms. The van der Waals surface area contributed by atoms with Crippen LogP contribution in [0, 0.1) is 10.6 Å². The van der Waals surface area contributed by atoms with Gasteiger partial charge in [-0.1, -0.05) is 48.0 Å². The average Bonchev–Trinajstić information content (AvgIpc) is 2.82. The molecule has 0 unspecified atom stereocenters. The van der Waals surface area contributed by atoms with E-state index in [-0.39, 0.29) is 5.69 Å². The Bertz CT molecular complexity index is 788. The maximum atomic E-state index is 14.1. The number of hydrogen-bond donors (Lipinski definition) is 1.